The standard InChI is InChI=1S/C20H23ClN2O4S/c1-4-14(3)22-20(24)19-12-23(17-11-15(21)7-10-18(17)27-19)28(25,26)16-8-5-13(2)6-9-16/h5-11,14,19H,4,12H2,1-3H3,(H,22,24)/t14-,19-/m0/s1. The highest BCUT2D eigenvalue weighted by Crippen LogP contribution is 2.38. The Bertz CT molecular complexity index is 976. The summed E-state index contributed by atoms with van der Waals surface area (Å²) in [6.07, 6.45) is -0.196. The van der Waals surface area contributed by atoms with Gasteiger partial charge < -0.3 is 10.1 Å². The number of anilines is 1. The van der Waals surface area contributed by atoms with Crippen molar-refractivity contribution in [3.8, 4) is 5.75 Å². The van der Waals surface area contributed by atoms with Gasteiger partial charge in [0.25, 0.3) is 15.9 Å². The van der Waals surface area contributed by atoms with Crippen LogP contribution in [0.5, 0.6) is 5.75 Å². The fraction of sp³-hybridized carbons (Fsp3) is 0.350. The number of hydrogen-bond acceptors (Lipinski definition) is 4. The second-order valence-electron chi connectivity index (χ2n) is 6.89. The van der Waals surface area contributed by atoms with E-state index in [1.54, 1.807) is 36.4 Å². The lowest BCUT2D eigenvalue weighted by molar-refractivity contribution is -0.128. The van der Waals surface area contributed by atoms with Gasteiger partial charge in [0.05, 0.1) is 17.1 Å². The van der Waals surface area contributed by atoms with Gasteiger partial charge in [-0.1, -0.05) is 36.2 Å². The number of nitrogens with zero attached hydrogens (tertiary/aromatic N) is 1. The number of benzene rings is 2. The molecule has 3 rings (SSSR count). The van der Waals surface area contributed by atoms with Gasteiger partial charge in [0.2, 0.25) is 0 Å². The molecular weight excluding hydrogens is 400 g/mol. The summed E-state index contributed by atoms with van der Waals surface area (Å²) in [5, 5.41) is 3.23. The van der Waals surface area contributed by atoms with Crippen molar-refractivity contribution < 1.29 is 17.9 Å². The number of ether oxygens (including phenoxy) is 1. The lowest BCUT2D eigenvalue weighted by Crippen LogP contribution is -2.52. The van der Waals surface area contributed by atoms with Gasteiger partial charge in [-0.15, -0.1) is 0 Å². The Balaban J connectivity index is 2.02. The van der Waals surface area contributed by atoms with E-state index < -0.39 is 16.1 Å². The molecule has 1 heterocycles. The molecule has 0 spiro atoms. The number of hydrogen-bond donors (Lipinski definition) is 1. The van der Waals surface area contributed by atoms with Crippen LogP contribution in [-0.2, 0) is 14.8 Å². The second kappa shape index (κ2) is 8.01. The van der Waals surface area contributed by atoms with E-state index in [1.807, 2.05) is 20.8 Å². The molecule has 1 aliphatic rings. The number of sulfonamides is 1. The fourth-order valence-electron chi connectivity index (χ4n) is 2.86. The number of rotatable bonds is 5. The van der Waals surface area contributed by atoms with Crippen LogP contribution in [0.15, 0.2) is 47.4 Å². The largest absolute Gasteiger partial charge is 0.476 e. The molecular formula is C20H23ClN2O4S. The van der Waals surface area contributed by atoms with Gasteiger partial charge in [-0.05, 0) is 50.6 Å². The number of nitrogens with one attached hydrogen (secondary N) is 1. The molecule has 2 atom stereocenters. The van der Waals surface area contributed by atoms with E-state index in [0.717, 1.165) is 12.0 Å². The van der Waals surface area contributed by atoms with Crippen molar-refractivity contribution in [1.29, 1.82) is 0 Å². The van der Waals surface area contributed by atoms with Gasteiger partial charge in [-0.2, -0.15) is 0 Å². The Hall–Kier alpha value is -2.25. The zero-order valence-corrected chi connectivity index (χ0v) is 17.5. The van der Waals surface area contributed by atoms with E-state index in [4.69, 9.17) is 16.3 Å². The van der Waals surface area contributed by atoms with Crippen LogP contribution < -0.4 is 14.4 Å². The number of halogens is 1. The molecule has 0 fully saturated rings. The molecule has 0 aliphatic carbocycles. The van der Waals surface area contributed by atoms with Crippen molar-refractivity contribution in [3.05, 3.63) is 53.1 Å². The average molecular weight is 423 g/mol. The zero-order valence-electron chi connectivity index (χ0n) is 16.0. The second-order valence-corrected chi connectivity index (χ2v) is 9.18. The maximum absolute atomic E-state index is 13.3. The third-order valence-electron chi connectivity index (χ3n) is 4.69. The number of carbonyl (C=O) groups is 1. The number of carbonyl (C=O) groups excluding carboxylic acids is 1. The fourth-order valence-corrected chi connectivity index (χ4v) is 4.50. The van der Waals surface area contributed by atoms with Gasteiger partial charge in [0.1, 0.15) is 5.75 Å². The summed E-state index contributed by atoms with van der Waals surface area (Å²) < 4.78 is 33.6. The summed E-state index contributed by atoms with van der Waals surface area (Å²) >= 11 is 6.09. The average Bonchev–Trinajstić information content (AvgIpc) is 2.67. The number of aryl methyl sites for hydroxylation is 1. The summed E-state index contributed by atoms with van der Waals surface area (Å²) in [5.41, 5.74) is 1.27. The van der Waals surface area contributed by atoms with Crippen molar-refractivity contribution in [1.82, 2.24) is 5.32 Å². The first-order chi connectivity index (χ1) is 13.2. The summed E-state index contributed by atoms with van der Waals surface area (Å²) in [6, 6.07) is 11.3. The van der Waals surface area contributed by atoms with Crippen LogP contribution in [0.1, 0.15) is 25.8 Å². The van der Waals surface area contributed by atoms with E-state index in [0.29, 0.717) is 16.5 Å². The molecule has 0 aromatic heterocycles. The molecule has 0 radical (unpaired) electrons. The highest BCUT2D eigenvalue weighted by Gasteiger charge is 2.37. The molecule has 1 N–H and O–H groups in total. The van der Waals surface area contributed by atoms with Crippen LogP contribution in [0.4, 0.5) is 5.69 Å². The van der Waals surface area contributed by atoms with Crippen molar-refractivity contribution in [2.45, 2.75) is 44.2 Å². The highest BCUT2D eigenvalue weighted by molar-refractivity contribution is 7.92. The molecule has 28 heavy (non-hydrogen) atoms. The van der Waals surface area contributed by atoms with E-state index >= 15 is 0 Å². The summed E-state index contributed by atoms with van der Waals surface area (Å²) in [7, 11) is -3.89. The number of amides is 1. The zero-order chi connectivity index (χ0) is 20.5. The van der Waals surface area contributed by atoms with Crippen LogP contribution in [0.3, 0.4) is 0 Å². The Morgan fingerprint density at radius 3 is 2.61 bits per heavy atom. The molecule has 1 aliphatic heterocycles. The minimum atomic E-state index is -3.89. The first kappa shape index (κ1) is 20.5. The van der Waals surface area contributed by atoms with E-state index in [1.165, 1.54) is 10.4 Å². The predicted octanol–water partition coefficient (Wildman–Crippen LogP) is 3.52. The van der Waals surface area contributed by atoms with Gasteiger partial charge in [0, 0.05) is 11.1 Å². The summed E-state index contributed by atoms with van der Waals surface area (Å²) in [4.78, 5) is 12.8. The Labute approximate surface area is 170 Å². The molecule has 6 nitrogen and oxygen atoms in total. The van der Waals surface area contributed by atoms with Gasteiger partial charge in [-0.25, -0.2) is 8.42 Å². The lowest BCUT2D eigenvalue weighted by Gasteiger charge is -2.35. The molecule has 150 valence electrons. The highest BCUT2D eigenvalue weighted by atomic mass is 35.5. The van der Waals surface area contributed by atoms with Crippen LogP contribution >= 0.6 is 11.6 Å². The summed E-state index contributed by atoms with van der Waals surface area (Å²) in [6.45, 7) is 5.59. The molecule has 0 saturated carbocycles. The van der Waals surface area contributed by atoms with Gasteiger partial charge in [0.15, 0.2) is 6.10 Å². The van der Waals surface area contributed by atoms with Crippen LogP contribution in [0, 0.1) is 6.92 Å². The van der Waals surface area contributed by atoms with Crippen molar-refractivity contribution in [2.75, 3.05) is 10.8 Å². The van der Waals surface area contributed by atoms with Crippen LogP contribution in [-0.4, -0.2) is 33.0 Å². The minimum absolute atomic E-state index is 0.0372. The van der Waals surface area contributed by atoms with Crippen molar-refractivity contribution >= 4 is 33.2 Å². The van der Waals surface area contributed by atoms with E-state index in [2.05, 4.69) is 5.32 Å². The normalized spacial score (nSPS) is 17.4. The first-order valence-electron chi connectivity index (χ1n) is 9.08. The molecule has 0 unspecified atom stereocenters. The lowest BCUT2D eigenvalue weighted by atomic mass is 10.2. The molecule has 0 bridgehead atoms. The Morgan fingerprint density at radius 1 is 1.29 bits per heavy atom. The van der Waals surface area contributed by atoms with E-state index in [9.17, 15) is 13.2 Å². The van der Waals surface area contributed by atoms with E-state index in [-0.39, 0.29) is 23.4 Å². The smallest absolute Gasteiger partial charge is 0.264 e. The topological polar surface area (TPSA) is 75.7 Å². The van der Waals surface area contributed by atoms with Gasteiger partial charge >= 0.3 is 0 Å². The molecule has 2 aromatic carbocycles. The SMILES string of the molecule is CC[C@H](C)NC(=O)[C@@H]1CN(S(=O)(=O)c2ccc(C)cc2)c2cc(Cl)ccc2O1. The third-order valence-corrected chi connectivity index (χ3v) is 6.72. The Kier molecular flexibility index (Phi) is 5.86. The maximum atomic E-state index is 13.3. The monoisotopic (exact) mass is 422 g/mol. The molecule has 1 amide bonds. The summed E-state index contributed by atoms with van der Waals surface area (Å²) in [5.74, 6) is -0.0466. The van der Waals surface area contributed by atoms with Gasteiger partial charge in [-0.3, -0.25) is 9.10 Å². The molecule has 0 saturated heterocycles. The molecule has 2 aromatic rings. The molecule has 8 heteroatoms. The van der Waals surface area contributed by atoms with Crippen LogP contribution in [0.25, 0.3) is 0 Å². The number of fused-ring (bicyclic) bond motifs is 1. The van der Waals surface area contributed by atoms with Crippen molar-refractivity contribution in [2.24, 2.45) is 0 Å². The minimum Gasteiger partial charge on any atom is -0.476 e. The quantitative estimate of drug-likeness (QED) is 0.799. The maximum Gasteiger partial charge on any atom is 0.264 e. The van der Waals surface area contributed by atoms with Crippen LogP contribution in [0.2, 0.25) is 5.02 Å². The first-order valence-corrected chi connectivity index (χ1v) is 10.9. The third kappa shape index (κ3) is 4.10. The van der Waals surface area contributed by atoms with Crippen molar-refractivity contribution in [3.63, 3.8) is 0 Å². The Morgan fingerprint density at radius 2 is 1.96 bits per heavy atom. The predicted molar refractivity (Wildman–Crippen MR) is 109 cm³/mol.